The molecule has 6 heteroatoms. The molecule has 0 saturated carbocycles. The minimum atomic E-state index is -0.523. The normalized spacial score (nSPS) is 14.3. The summed E-state index contributed by atoms with van der Waals surface area (Å²) in [7, 11) is 0. The highest BCUT2D eigenvalue weighted by molar-refractivity contribution is 5.78. The highest BCUT2D eigenvalue weighted by atomic mass is 16.5. The van der Waals surface area contributed by atoms with E-state index in [2.05, 4.69) is 5.32 Å². The zero-order valence-corrected chi connectivity index (χ0v) is 9.16. The molecule has 5 N–H and O–H groups in total. The van der Waals surface area contributed by atoms with Crippen LogP contribution in [-0.2, 0) is 14.3 Å². The van der Waals surface area contributed by atoms with E-state index in [1.165, 1.54) is 0 Å². The first-order valence-electron chi connectivity index (χ1n) is 4.84. The molecule has 0 aromatic rings. The topological polar surface area (TPSA) is 107 Å². The predicted molar refractivity (Wildman–Crippen MR) is 55.8 cm³/mol. The van der Waals surface area contributed by atoms with E-state index in [4.69, 9.17) is 16.2 Å². The Kier molecular flexibility index (Phi) is 6.64. The Morgan fingerprint density at radius 1 is 1.40 bits per heavy atom. The molecule has 15 heavy (non-hydrogen) atoms. The summed E-state index contributed by atoms with van der Waals surface area (Å²) in [6.45, 7) is 4.01. The van der Waals surface area contributed by atoms with Gasteiger partial charge < -0.3 is 21.5 Å². The Balaban J connectivity index is 3.51. The third-order valence-corrected chi connectivity index (χ3v) is 1.99. The Morgan fingerprint density at radius 2 is 2.00 bits per heavy atom. The molecule has 0 saturated heterocycles. The lowest BCUT2D eigenvalue weighted by Crippen LogP contribution is -2.39. The maximum atomic E-state index is 11.3. The van der Waals surface area contributed by atoms with Crippen molar-refractivity contribution in [2.75, 3.05) is 19.8 Å². The van der Waals surface area contributed by atoms with Gasteiger partial charge in [-0.1, -0.05) is 6.92 Å². The molecule has 0 radical (unpaired) electrons. The predicted octanol–water partition coefficient (Wildman–Crippen LogP) is -1.41. The number of rotatable bonds is 7. The van der Waals surface area contributed by atoms with Crippen molar-refractivity contribution >= 4 is 11.8 Å². The van der Waals surface area contributed by atoms with Crippen LogP contribution < -0.4 is 16.8 Å². The fourth-order valence-electron chi connectivity index (χ4n) is 0.819. The Hall–Kier alpha value is -1.14. The van der Waals surface area contributed by atoms with Crippen LogP contribution in [0.15, 0.2) is 0 Å². The van der Waals surface area contributed by atoms with Crippen LogP contribution in [0, 0.1) is 5.92 Å². The van der Waals surface area contributed by atoms with Crippen molar-refractivity contribution in [2.45, 2.75) is 19.9 Å². The van der Waals surface area contributed by atoms with Gasteiger partial charge in [0.2, 0.25) is 11.8 Å². The van der Waals surface area contributed by atoms with Crippen molar-refractivity contribution < 1.29 is 14.3 Å². The van der Waals surface area contributed by atoms with Gasteiger partial charge in [-0.05, 0) is 6.92 Å². The van der Waals surface area contributed by atoms with Gasteiger partial charge in [0.1, 0.15) is 6.61 Å². The molecule has 6 nitrogen and oxygen atoms in total. The second kappa shape index (κ2) is 7.19. The first kappa shape index (κ1) is 13.9. The van der Waals surface area contributed by atoms with Gasteiger partial charge in [-0.2, -0.15) is 0 Å². The smallest absolute Gasteiger partial charge is 0.243 e. The zero-order chi connectivity index (χ0) is 11.8. The van der Waals surface area contributed by atoms with Crippen LogP contribution in [0.3, 0.4) is 0 Å². The van der Waals surface area contributed by atoms with Gasteiger partial charge in [0, 0.05) is 18.5 Å². The lowest BCUT2D eigenvalue weighted by molar-refractivity contribution is -0.125. The zero-order valence-electron chi connectivity index (χ0n) is 9.16. The summed E-state index contributed by atoms with van der Waals surface area (Å²) in [6, 6.07) is -0.184. The summed E-state index contributed by atoms with van der Waals surface area (Å²) in [5.41, 5.74) is 10.4. The van der Waals surface area contributed by atoms with Crippen LogP contribution in [0.4, 0.5) is 0 Å². The van der Waals surface area contributed by atoms with Gasteiger partial charge in [0.05, 0.1) is 6.61 Å². The van der Waals surface area contributed by atoms with E-state index in [1.807, 2.05) is 0 Å². The van der Waals surface area contributed by atoms with Gasteiger partial charge in [-0.3, -0.25) is 9.59 Å². The fourth-order valence-corrected chi connectivity index (χ4v) is 0.819. The first-order chi connectivity index (χ1) is 6.95. The van der Waals surface area contributed by atoms with Crippen LogP contribution in [0.2, 0.25) is 0 Å². The molecule has 88 valence electrons. The van der Waals surface area contributed by atoms with E-state index < -0.39 is 5.91 Å². The number of hydrogen-bond acceptors (Lipinski definition) is 4. The Labute approximate surface area is 89.3 Å². The molecular weight excluding hydrogens is 198 g/mol. The molecule has 0 spiro atoms. The lowest BCUT2D eigenvalue weighted by Gasteiger charge is -2.15. The maximum Gasteiger partial charge on any atom is 0.243 e. The lowest BCUT2D eigenvalue weighted by atomic mass is 10.0. The van der Waals surface area contributed by atoms with Crippen LogP contribution in [-0.4, -0.2) is 37.6 Å². The van der Waals surface area contributed by atoms with E-state index in [0.717, 1.165) is 0 Å². The number of amides is 2. The average Bonchev–Trinajstić information content (AvgIpc) is 2.15. The molecule has 0 bridgehead atoms. The molecule has 0 aromatic heterocycles. The minimum Gasteiger partial charge on any atom is -0.370 e. The molecule has 0 aliphatic rings. The van der Waals surface area contributed by atoms with Gasteiger partial charge in [-0.25, -0.2) is 0 Å². The number of carbonyl (C=O) groups excluding carboxylic acids is 2. The van der Waals surface area contributed by atoms with Gasteiger partial charge in [0.25, 0.3) is 0 Å². The highest BCUT2D eigenvalue weighted by Gasteiger charge is 2.15. The third kappa shape index (κ3) is 6.87. The van der Waals surface area contributed by atoms with Crippen molar-refractivity contribution in [3.8, 4) is 0 Å². The second-order valence-electron chi connectivity index (χ2n) is 3.46. The summed E-state index contributed by atoms with van der Waals surface area (Å²) < 4.78 is 4.87. The van der Waals surface area contributed by atoms with Crippen molar-refractivity contribution in [1.29, 1.82) is 0 Å². The molecular formula is C9H19N3O3. The van der Waals surface area contributed by atoms with Crippen LogP contribution in [0.5, 0.6) is 0 Å². The molecule has 2 atom stereocenters. The molecule has 0 aliphatic heterocycles. The van der Waals surface area contributed by atoms with Gasteiger partial charge in [0.15, 0.2) is 0 Å². The summed E-state index contributed by atoms with van der Waals surface area (Å²) in [4.78, 5) is 21.6. The summed E-state index contributed by atoms with van der Waals surface area (Å²) in [5, 5.41) is 2.64. The second-order valence-corrected chi connectivity index (χ2v) is 3.46. The van der Waals surface area contributed by atoms with E-state index in [1.54, 1.807) is 13.8 Å². The van der Waals surface area contributed by atoms with Crippen molar-refractivity contribution in [2.24, 2.45) is 17.4 Å². The summed E-state index contributed by atoms with van der Waals surface area (Å²) >= 11 is 0. The number of nitrogens with two attached hydrogens (primary N) is 2. The van der Waals surface area contributed by atoms with Crippen LogP contribution in [0.25, 0.3) is 0 Å². The standard InChI is InChI=1S/C9H19N3O3/c1-6(7(2)10)9(14)12-3-4-15-5-8(11)13/h6-7H,3-5,10H2,1-2H3,(H2,11,13)(H,12,14). The first-order valence-corrected chi connectivity index (χ1v) is 4.84. The number of carbonyl (C=O) groups is 2. The van der Waals surface area contributed by atoms with Crippen LogP contribution in [0.1, 0.15) is 13.8 Å². The summed E-state index contributed by atoms with van der Waals surface area (Å²) in [5.74, 6) is -0.876. The number of nitrogens with one attached hydrogen (secondary N) is 1. The van der Waals surface area contributed by atoms with E-state index in [0.29, 0.717) is 6.54 Å². The molecule has 0 aliphatic carbocycles. The number of ether oxygens (including phenoxy) is 1. The van der Waals surface area contributed by atoms with Crippen LogP contribution >= 0.6 is 0 Å². The highest BCUT2D eigenvalue weighted by Crippen LogP contribution is 1.98. The quantitative estimate of drug-likeness (QED) is 0.455. The molecule has 2 amide bonds. The average molecular weight is 217 g/mol. The van der Waals surface area contributed by atoms with Crippen molar-refractivity contribution in [3.05, 3.63) is 0 Å². The van der Waals surface area contributed by atoms with E-state index in [-0.39, 0.29) is 31.1 Å². The molecule has 0 rings (SSSR count). The van der Waals surface area contributed by atoms with Gasteiger partial charge in [-0.15, -0.1) is 0 Å². The Bertz CT molecular complexity index is 219. The largest absolute Gasteiger partial charge is 0.370 e. The van der Waals surface area contributed by atoms with E-state index in [9.17, 15) is 9.59 Å². The van der Waals surface area contributed by atoms with Gasteiger partial charge >= 0.3 is 0 Å². The molecule has 0 aromatic carbocycles. The number of hydrogen-bond donors (Lipinski definition) is 3. The van der Waals surface area contributed by atoms with E-state index >= 15 is 0 Å². The van der Waals surface area contributed by atoms with Crippen molar-refractivity contribution in [1.82, 2.24) is 5.32 Å². The third-order valence-electron chi connectivity index (χ3n) is 1.99. The number of primary amides is 1. The fraction of sp³-hybridized carbons (Fsp3) is 0.778. The molecule has 0 heterocycles. The molecule has 0 fully saturated rings. The Morgan fingerprint density at radius 3 is 2.47 bits per heavy atom. The maximum absolute atomic E-state index is 11.3. The monoisotopic (exact) mass is 217 g/mol. The SMILES string of the molecule is CC(N)C(C)C(=O)NCCOCC(N)=O. The van der Waals surface area contributed by atoms with Crippen molar-refractivity contribution in [3.63, 3.8) is 0 Å². The minimum absolute atomic E-state index is 0.118. The summed E-state index contributed by atoms with van der Waals surface area (Å²) in [6.07, 6.45) is 0. The molecule has 2 unspecified atom stereocenters.